The highest BCUT2D eigenvalue weighted by molar-refractivity contribution is 7.93. The Morgan fingerprint density at radius 3 is 2.10 bits per heavy atom. The van der Waals surface area contributed by atoms with Crippen LogP contribution in [0.5, 0.6) is 5.75 Å². The van der Waals surface area contributed by atoms with Crippen molar-refractivity contribution >= 4 is 25.6 Å². The third kappa shape index (κ3) is 5.83. The molecule has 0 atom stereocenters. The Hall–Kier alpha value is -2.74. The summed E-state index contributed by atoms with van der Waals surface area (Å²) in [5, 5.41) is -0.594. The Morgan fingerprint density at radius 1 is 0.925 bits per heavy atom. The molecule has 0 N–H and O–H groups in total. The molecular weight excluding hydrogens is 581 g/mol. The van der Waals surface area contributed by atoms with Crippen LogP contribution in [0.1, 0.15) is 55.5 Å². The van der Waals surface area contributed by atoms with Crippen molar-refractivity contribution < 1.29 is 48.3 Å². The summed E-state index contributed by atoms with van der Waals surface area (Å²) in [5.41, 5.74) is -1.34. The number of sulfone groups is 2. The van der Waals surface area contributed by atoms with Crippen LogP contribution >= 0.6 is 0 Å². The Balaban J connectivity index is 1.52. The zero-order valence-corrected chi connectivity index (χ0v) is 23.3. The first-order chi connectivity index (χ1) is 18.5. The molecule has 2 aromatic rings. The molecule has 4 rings (SSSR count). The summed E-state index contributed by atoms with van der Waals surface area (Å²) >= 11 is 0. The summed E-state index contributed by atoms with van der Waals surface area (Å²) in [6.45, 7) is -0.364. The molecule has 40 heavy (non-hydrogen) atoms. The molecule has 2 aromatic carbocycles. The second kappa shape index (κ2) is 10.6. The molecule has 1 aliphatic carbocycles. The van der Waals surface area contributed by atoms with Gasteiger partial charge >= 0.3 is 12.8 Å². The van der Waals surface area contributed by atoms with Crippen molar-refractivity contribution in [2.45, 2.75) is 72.1 Å². The lowest BCUT2D eigenvalue weighted by Gasteiger charge is -2.40. The zero-order chi connectivity index (χ0) is 29.7. The molecule has 0 spiro atoms. The van der Waals surface area contributed by atoms with Gasteiger partial charge in [-0.15, -0.1) is 0 Å². The predicted octanol–water partition coefficient (Wildman–Crippen LogP) is 5.35. The van der Waals surface area contributed by atoms with E-state index in [1.807, 2.05) is 0 Å². The number of ether oxygens (including phenoxy) is 1. The van der Waals surface area contributed by atoms with E-state index >= 15 is 0 Å². The molecule has 0 radical (unpaired) electrons. The summed E-state index contributed by atoms with van der Waals surface area (Å²) in [5.74, 6) is -1.79. The second-order valence-electron chi connectivity index (χ2n) is 10.5. The van der Waals surface area contributed by atoms with Crippen molar-refractivity contribution in [2.24, 2.45) is 5.92 Å². The van der Waals surface area contributed by atoms with Gasteiger partial charge in [0.05, 0.1) is 30.9 Å². The van der Waals surface area contributed by atoms with E-state index in [9.17, 15) is 43.6 Å². The lowest BCUT2D eigenvalue weighted by atomic mass is 9.85. The van der Waals surface area contributed by atoms with Gasteiger partial charge in [0.25, 0.3) is 5.91 Å². The number of benzene rings is 2. The van der Waals surface area contributed by atoms with Crippen LogP contribution in [-0.2, 0) is 25.9 Å². The normalized spacial score (nSPS) is 17.8. The molecule has 1 heterocycles. The fraction of sp³-hybridized carbons (Fsp3) is 0.500. The van der Waals surface area contributed by atoms with Crippen molar-refractivity contribution in [1.29, 1.82) is 0 Å². The first-order valence-corrected chi connectivity index (χ1v) is 15.5. The van der Waals surface area contributed by atoms with Crippen molar-refractivity contribution in [2.75, 3.05) is 13.1 Å². The third-order valence-electron chi connectivity index (χ3n) is 7.62. The van der Waals surface area contributed by atoms with Gasteiger partial charge in [0.15, 0.2) is 19.7 Å². The monoisotopic (exact) mass is 609 g/mol. The number of halogens is 5. The van der Waals surface area contributed by atoms with Crippen LogP contribution < -0.4 is 4.74 Å². The predicted molar refractivity (Wildman–Crippen MR) is 135 cm³/mol. The maximum absolute atomic E-state index is 13.4. The molecule has 0 bridgehead atoms. The first-order valence-electron chi connectivity index (χ1n) is 12.5. The van der Waals surface area contributed by atoms with E-state index in [4.69, 9.17) is 0 Å². The Labute approximate surface area is 229 Å². The number of alkyl halides is 5. The van der Waals surface area contributed by atoms with Gasteiger partial charge in [-0.1, -0.05) is 6.07 Å². The largest absolute Gasteiger partial charge is 0.434 e. The standard InChI is InChI=1S/C26H28F5NO6S2/c1-25(2,40(36,37)20-5-3-4-17(14-20)26(29,30)31)16-10-12-32(13-11-16)23(33)21-9-8-19(15-22(21)38-24(27)28)39(34,35)18-6-7-18/h3-5,8-9,14-16,18,24H,6-7,10-13H2,1-2H3. The maximum Gasteiger partial charge on any atom is 0.416 e. The molecule has 2 aliphatic rings. The van der Waals surface area contributed by atoms with E-state index in [1.54, 1.807) is 0 Å². The third-order valence-corrected chi connectivity index (χ3v) is 12.5. The highest BCUT2D eigenvalue weighted by atomic mass is 32.2. The van der Waals surface area contributed by atoms with Crippen LogP contribution in [0.25, 0.3) is 0 Å². The number of hydrogen-bond acceptors (Lipinski definition) is 6. The summed E-state index contributed by atoms with van der Waals surface area (Å²) in [6.07, 6.45) is -3.44. The molecule has 1 saturated carbocycles. The minimum Gasteiger partial charge on any atom is -0.434 e. The van der Waals surface area contributed by atoms with Gasteiger partial charge in [-0.05, 0) is 81.8 Å². The Bertz CT molecular complexity index is 1490. The number of nitrogens with zero attached hydrogens (tertiary/aromatic N) is 1. The van der Waals surface area contributed by atoms with Gasteiger partial charge in [-0.2, -0.15) is 22.0 Å². The summed E-state index contributed by atoms with van der Waals surface area (Å²) in [6, 6.07) is 6.77. The number of piperidine rings is 1. The second-order valence-corrected chi connectivity index (χ2v) is 15.2. The molecule has 2 fully saturated rings. The van der Waals surface area contributed by atoms with Gasteiger partial charge in [0.2, 0.25) is 0 Å². The zero-order valence-electron chi connectivity index (χ0n) is 21.6. The minimum absolute atomic E-state index is 0.0429. The first kappa shape index (κ1) is 30.2. The van der Waals surface area contributed by atoms with Gasteiger partial charge < -0.3 is 9.64 Å². The fourth-order valence-corrected chi connectivity index (χ4v) is 8.42. The number of amides is 1. The van der Waals surface area contributed by atoms with E-state index in [0.717, 1.165) is 30.3 Å². The molecule has 220 valence electrons. The van der Waals surface area contributed by atoms with E-state index in [0.29, 0.717) is 18.9 Å². The van der Waals surface area contributed by atoms with Gasteiger partial charge in [0, 0.05) is 13.1 Å². The fourth-order valence-electron chi connectivity index (χ4n) is 4.93. The summed E-state index contributed by atoms with van der Waals surface area (Å²) in [7, 11) is -7.95. The Morgan fingerprint density at radius 2 is 1.55 bits per heavy atom. The Kier molecular flexibility index (Phi) is 8.00. The average molecular weight is 610 g/mol. The van der Waals surface area contributed by atoms with Crippen molar-refractivity contribution in [3.05, 3.63) is 53.6 Å². The van der Waals surface area contributed by atoms with E-state index in [2.05, 4.69) is 4.74 Å². The van der Waals surface area contributed by atoms with Gasteiger partial charge in [-0.3, -0.25) is 4.79 Å². The van der Waals surface area contributed by atoms with E-state index in [-0.39, 0.29) is 36.4 Å². The lowest BCUT2D eigenvalue weighted by molar-refractivity contribution is -0.137. The van der Waals surface area contributed by atoms with Gasteiger partial charge in [-0.25, -0.2) is 16.8 Å². The summed E-state index contributed by atoms with van der Waals surface area (Å²) in [4.78, 5) is 13.9. The molecule has 1 aliphatic heterocycles. The van der Waals surface area contributed by atoms with Crippen LogP contribution in [0.4, 0.5) is 22.0 Å². The van der Waals surface area contributed by atoms with Crippen molar-refractivity contribution in [3.8, 4) is 5.75 Å². The number of likely N-dealkylation sites (tertiary alicyclic amines) is 1. The number of rotatable bonds is 8. The molecule has 1 amide bonds. The molecule has 14 heteroatoms. The topological polar surface area (TPSA) is 97.8 Å². The summed E-state index contributed by atoms with van der Waals surface area (Å²) < 4.78 is 121. The van der Waals surface area contributed by atoms with Crippen LogP contribution in [0.15, 0.2) is 52.3 Å². The van der Waals surface area contributed by atoms with Gasteiger partial charge in [0.1, 0.15) is 5.75 Å². The maximum atomic E-state index is 13.4. The molecule has 0 aromatic heterocycles. The number of carbonyl (C=O) groups is 1. The SMILES string of the molecule is CC(C)(C1CCN(C(=O)c2ccc(S(=O)(=O)C3CC3)cc2OC(F)F)CC1)S(=O)(=O)c1cccc(C(F)(F)F)c1. The number of hydrogen-bond donors (Lipinski definition) is 0. The smallest absolute Gasteiger partial charge is 0.416 e. The quantitative estimate of drug-likeness (QED) is 0.375. The highest BCUT2D eigenvalue weighted by Crippen LogP contribution is 2.40. The lowest BCUT2D eigenvalue weighted by Crippen LogP contribution is -2.47. The van der Waals surface area contributed by atoms with Crippen LogP contribution in [0, 0.1) is 5.92 Å². The average Bonchev–Trinajstić information content (AvgIpc) is 3.74. The molecular formula is C26H28F5NO6S2. The van der Waals surface area contributed by atoms with E-state index in [1.165, 1.54) is 24.8 Å². The van der Waals surface area contributed by atoms with Crippen molar-refractivity contribution in [3.63, 3.8) is 0 Å². The molecule has 1 saturated heterocycles. The number of carbonyl (C=O) groups excluding carboxylic acids is 1. The van der Waals surface area contributed by atoms with E-state index < -0.39 is 70.5 Å². The highest BCUT2D eigenvalue weighted by Gasteiger charge is 2.45. The van der Waals surface area contributed by atoms with Crippen molar-refractivity contribution in [1.82, 2.24) is 4.90 Å². The molecule has 7 nitrogen and oxygen atoms in total. The molecule has 0 unspecified atom stereocenters. The van der Waals surface area contributed by atoms with Crippen LogP contribution in [-0.4, -0.2) is 57.3 Å². The minimum atomic E-state index is -4.71. The van der Waals surface area contributed by atoms with Crippen LogP contribution in [0.2, 0.25) is 0 Å². The van der Waals surface area contributed by atoms with Crippen LogP contribution in [0.3, 0.4) is 0 Å².